The molecular formula is C13H16N2O2S2. The zero-order chi connectivity index (χ0) is 13.7. The fraction of sp³-hybridized carbons (Fsp3) is 0.308. The summed E-state index contributed by atoms with van der Waals surface area (Å²) in [6.07, 6.45) is 1.22. The van der Waals surface area contributed by atoms with Crippen molar-refractivity contribution in [3.8, 4) is 0 Å². The number of nitrogens with zero attached hydrogens (tertiary/aromatic N) is 1. The number of carbonyl (C=O) groups is 1. The van der Waals surface area contributed by atoms with E-state index < -0.39 is 11.0 Å². The molecule has 6 heteroatoms. The minimum absolute atomic E-state index is 0.248. The molecule has 1 amide bonds. The summed E-state index contributed by atoms with van der Waals surface area (Å²) in [5.74, 6) is 1.81. The molecule has 19 heavy (non-hydrogen) atoms. The second-order valence-corrected chi connectivity index (χ2v) is 6.72. The van der Waals surface area contributed by atoms with Crippen LogP contribution in [0.3, 0.4) is 0 Å². The van der Waals surface area contributed by atoms with Crippen molar-refractivity contribution < 1.29 is 9.00 Å². The number of benzene rings is 1. The van der Waals surface area contributed by atoms with Crippen LogP contribution >= 0.6 is 11.8 Å². The standard InChI is InChI=1S/C13H16N2O2S2/c1-2-13(16)14-11-3-5-12(6-4-11)19(17)15-7-9-18-10-8-15/h2-6H,1,7-10H2,(H,14,16). The Labute approximate surface area is 119 Å². The van der Waals surface area contributed by atoms with Crippen LogP contribution in [0.1, 0.15) is 0 Å². The topological polar surface area (TPSA) is 49.4 Å². The molecule has 0 aliphatic carbocycles. The zero-order valence-electron chi connectivity index (χ0n) is 10.5. The van der Waals surface area contributed by atoms with E-state index in [1.165, 1.54) is 6.08 Å². The van der Waals surface area contributed by atoms with Gasteiger partial charge in [-0.25, -0.2) is 8.51 Å². The molecule has 1 atom stereocenters. The molecule has 1 aliphatic rings. The van der Waals surface area contributed by atoms with E-state index in [1.54, 1.807) is 24.3 Å². The second-order valence-electron chi connectivity index (χ2n) is 4.01. The van der Waals surface area contributed by atoms with Crippen LogP contribution in [0.4, 0.5) is 5.69 Å². The smallest absolute Gasteiger partial charge is 0.247 e. The second kappa shape index (κ2) is 6.88. The maximum Gasteiger partial charge on any atom is 0.247 e. The highest BCUT2D eigenvalue weighted by Gasteiger charge is 2.17. The first-order valence-corrected chi connectivity index (χ1v) is 8.25. The Morgan fingerprint density at radius 1 is 1.32 bits per heavy atom. The molecule has 1 fully saturated rings. The number of hydrogen-bond acceptors (Lipinski definition) is 3. The van der Waals surface area contributed by atoms with Crippen LogP contribution in [0.5, 0.6) is 0 Å². The third kappa shape index (κ3) is 3.92. The van der Waals surface area contributed by atoms with Crippen LogP contribution in [-0.4, -0.2) is 39.0 Å². The molecule has 1 saturated heterocycles. The van der Waals surface area contributed by atoms with Gasteiger partial charge in [0, 0.05) is 30.3 Å². The summed E-state index contributed by atoms with van der Waals surface area (Å²) in [6, 6.07) is 7.09. The highest BCUT2D eigenvalue weighted by molar-refractivity contribution is 7.99. The molecule has 0 bridgehead atoms. The summed E-state index contributed by atoms with van der Waals surface area (Å²) in [4.78, 5) is 11.9. The Balaban J connectivity index is 2.02. The SMILES string of the molecule is C=CC(=O)Nc1ccc(S(=O)N2CCSCC2)cc1. The van der Waals surface area contributed by atoms with Crippen LogP contribution in [0.15, 0.2) is 41.8 Å². The quantitative estimate of drug-likeness (QED) is 0.863. The van der Waals surface area contributed by atoms with Crippen LogP contribution in [-0.2, 0) is 15.8 Å². The molecule has 0 aromatic heterocycles. The Morgan fingerprint density at radius 2 is 1.95 bits per heavy atom. The maximum absolute atomic E-state index is 12.3. The van der Waals surface area contributed by atoms with E-state index in [4.69, 9.17) is 0 Å². The molecule has 1 heterocycles. The molecule has 2 rings (SSSR count). The lowest BCUT2D eigenvalue weighted by Gasteiger charge is -2.24. The molecule has 1 unspecified atom stereocenters. The third-order valence-electron chi connectivity index (χ3n) is 2.71. The number of carbonyl (C=O) groups excluding carboxylic acids is 1. The van der Waals surface area contributed by atoms with Gasteiger partial charge in [-0.05, 0) is 30.3 Å². The lowest BCUT2D eigenvalue weighted by molar-refractivity contribution is -0.111. The maximum atomic E-state index is 12.3. The number of amides is 1. The Hall–Kier alpha value is -1.11. The molecular weight excluding hydrogens is 280 g/mol. The number of nitrogens with one attached hydrogen (secondary N) is 1. The summed E-state index contributed by atoms with van der Waals surface area (Å²) in [7, 11) is -1.11. The predicted octanol–water partition coefficient (Wildman–Crippen LogP) is 1.88. The third-order valence-corrected chi connectivity index (χ3v) is 5.17. The van der Waals surface area contributed by atoms with E-state index in [0.29, 0.717) is 5.69 Å². The van der Waals surface area contributed by atoms with E-state index >= 15 is 0 Å². The van der Waals surface area contributed by atoms with E-state index in [9.17, 15) is 9.00 Å². The molecule has 1 N–H and O–H groups in total. The Kier molecular flexibility index (Phi) is 5.18. The molecule has 0 spiro atoms. The van der Waals surface area contributed by atoms with Gasteiger partial charge in [0.05, 0.1) is 4.90 Å². The van der Waals surface area contributed by atoms with Gasteiger partial charge in [-0.15, -0.1) is 0 Å². The first-order valence-electron chi connectivity index (χ1n) is 5.99. The largest absolute Gasteiger partial charge is 0.323 e. The van der Waals surface area contributed by atoms with Gasteiger partial charge in [-0.2, -0.15) is 11.8 Å². The van der Waals surface area contributed by atoms with Gasteiger partial charge in [0.2, 0.25) is 5.91 Å². The minimum atomic E-state index is -1.11. The Bertz CT molecular complexity index is 482. The molecule has 102 valence electrons. The van der Waals surface area contributed by atoms with Crippen molar-refractivity contribution in [3.63, 3.8) is 0 Å². The fourth-order valence-corrected chi connectivity index (χ4v) is 4.02. The number of hydrogen-bond donors (Lipinski definition) is 1. The molecule has 0 saturated carbocycles. The first kappa shape index (κ1) is 14.3. The first-order chi connectivity index (χ1) is 9.20. The van der Waals surface area contributed by atoms with Crippen LogP contribution < -0.4 is 5.32 Å². The van der Waals surface area contributed by atoms with Crippen molar-refractivity contribution in [1.82, 2.24) is 4.31 Å². The monoisotopic (exact) mass is 296 g/mol. The van der Waals surface area contributed by atoms with E-state index in [0.717, 1.165) is 29.5 Å². The molecule has 1 aromatic rings. The van der Waals surface area contributed by atoms with Crippen molar-refractivity contribution in [3.05, 3.63) is 36.9 Å². The van der Waals surface area contributed by atoms with Crippen LogP contribution in [0.2, 0.25) is 0 Å². The lowest BCUT2D eigenvalue weighted by Crippen LogP contribution is -2.34. The number of rotatable bonds is 4. The van der Waals surface area contributed by atoms with Crippen molar-refractivity contribution in [2.45, 2.75) is 4.90 Å². The highest BCUT2D eigenvalue weighted by Crippen LogP contribution is 2.18. The van der Waals surface area contributed by atoms with Gasteiger partial charge in [-0.1, -0.05) is 6.58 Å². The predicted molar refractivity (Wildman–Crippen MR) is 80.6 cm³/mol. The number of thioether (sulfide) groups is 1. The van der Waals surface area contributed by atoms with Crippen LogP contribution in [0, 0.1) is 0 Å². The van der Waals surface area contributed by atoms with Crippen LogP contribution in [0.25, 0.3) is 0 Å². The molecule has 0 radical (unpaired) electrons. The van der Waals surface area contributed by atoms with E-state index in [2.05, 4.69) is 11.9 Å². The van der Waals surface area contributed by atoms with Crippen molar-refractivity contribution >= 4 is 34.3 Å². The zero-order valence-corrected chi connectivity index (χ0v) is 12.1. The fourth-order valence-electron chi connectivity index (χ4n) is 1.71. The van der Waals surface area contributed by atoms with Gasteiger partial charge in [0.1, 0.15) is 11.0 Å². The Morgan fingerprint density at radius 3 is 2.53 bits per heavy atom. The normalized spacial score (nSPS) is 17.7. The lowest BCUT2D eigenvalue weighted by atomic mass is 10.3. The summed E-state index contributed by atoms with van der Waals surface area (Å²) in [6.45, 7) is 5.10. The summed E-state index contributed by atoms with van der Waals surface area (Å²) >= 11 is 1.89. The van der Waals surface area contributed by atoms with Crippen molar-refractivity contribution in [2.75, 3.05) is 29.9 Å². The summed E-state index contributed by atoms with van der Waals surface area (Å²) in [5, 5.41) is 2.66. The van der Waals surface area contributed by atoms with Gasteiger partial charge in [0.25, 0.3) is 0 Å². The van der Waals surface area contributed by atoms with Gasteiger partial charge in [-0.3, -0.25) is 4.79 Å². The van der Waals surface area contributed by atoms with E-state index in [-0.39, 0.29) is 5.91 Å². The highest BCUT2D eigenvalue weighted by atomic mass is 32.2. The van der Waals surface area contributed by atoms with Crippen molar-refractivity contribution in [1.29, 1.82) is 0 Å². The van der Waals surface area contributed by atoms with Gasteiger partial charge < -0.3 is 5.32 Å². The van der Waals surface area contributed by atoms with E-state index in [1.807, 2.05) is 16.1 Å². The van der Waals surface area contributed by atoms with Gasteiger partial charge >= 0.3 is 0 Å². The summed E-state index contributed by atoms with van der Waals surface area (Å²) in [5.41, 5.74) is 0.680. The van der Waals surface area contributed by atoms with Gasteiger partial charge in [0.15, 0.2) is 0 Å². The summed E-state index contributed by atoms with van der Waals surface area (Å²) < 4.78 is 14.3. The molecule has 1 aromatic carbocycles. The average molecular weight is 296 g/mol. The molecule has 4 nitrogen and oxygen atoms in total. The number of anilines is 1. The minimum Gasteiger partial charge on any atom is -0.323 e. The molecule has 1 aliphatic heterocycles. The average Bonchev–Trinajstić information content (AvgIpc) is 2.48. The van der Waals surface area contributed by atoms with Crippen molar-refractivity contribution in [2.24, 2.45) is 0 Å².